The summed E-state index contributed by atoms with van der Waals surface area (Å²) in [5.41, 5.74) is 5.50. The molecule has 5 rings (SSSR count). The Hall–Kier alpha value is -3.13. The van der Waals surface area contributed by atoms with E-state index in [1.54, 1.807) is 6.07 Å². The van der Waals surface area contributed by atoms with Gasteiger partial charge in [0.25, 0.3) is 5.91 Å². The molecule has 2 aromatic rings. The number of ether oxygens (including phenoxy) is 1. The van der Waals surface area contributed by atoms with Crippen LogP contribution in [-0.4, -0.2) is 50.6 Å². The van der Waals surface area contributed by atoms with E-state index in [0.29, 0.717) is 17.1 Å². The molecule has 3 heterocycles. The maximum absolute atomic E-state index is 14.9. The number of carbonyl (C=O) groups excluding carboxylic acids is 1. The normalized spacial score (nSPS) is 21.0. The molecular weight excluding hydrogens is 373 g/mol. The summed E-state index contributed by atoms with van der Waals surface area (Å²) < 4.78 is 20.8. The van der Waals surface area contributed by atoms with Crippen LogP contribution in [-0.2, 0) is 4.79 Å². The van der Waals surface area contributed by atoms with Crippen LogP contribution in [0.15, 0.2) is 41.5 Å². The maximum Gasteiger partial charge on any atom is 0.262 e. The second-order valence-corrected chi connectivity index (χ2v) is 7.39. The molecule has 7 nitrogen and oxygen atoms in total. The Morgan fingerprint density at radius 2 is 2.00 bits per heavy atom. The van der Waals surface area contributed by atoms with Crippen molar-refractivity contribution in [2.75, 3.05) is 42.6 Å². The number of carbonyl (C=O) groups is 1. The summed E-state index contributed by atoms with van der Waals surface area (Å²) in [6.07, 6.45) is 0. The lowest BCUT2D eigenvalue weighted by Crippen LogP contribution is -2.55. The van der Waals surface area contributed by atoms with Crippen molar-refractivity contribution in [3.05, 3.63) is 42.2 Å². The first kappa shape index (κ1) is 17.9. The van der Waals surface area contributed by atoms with E-state index in [1.807, 2.05) is 36.1 Å². The summed E-state index contributed by atoms with van der Waals surface area (Å²) in [5, 5.41) is 7.43. The summed E-state index contributed by atoms with van der Waals surface area (Å²) in [6.45, 7) is 5.49. The lowest BCUT2D eigenvalue weighted by molar-refractivity contribution is -0.122. The molecule has 2 aromatic carbocycles. The van der Waals surface area contributed by atoms with Gasteiger partial charge in [0.1, 0.15) is 24.2 Å². The highest BCUT2D eigenvalue weighted by Crippen LogP contribution is 2.41. The lowest BCUT2D eigenvalue weighted by atomic mass is 9.99. The number of amidine groups is 1. The van der Waals surface area contributed by atoms with E-state index < -0.39 is 0 Å². The Kier molecular flexibility index (Phi) is 4.35. The molecule has 1 fully saturated rings. The molecule has 3 aliphatic rings. The molecule has 0 bridgehead atoms. The molecule has 150 valence electrons. The third-order valence-corrected chi connectivity index (χ3v) is 5.65. The van der Waals surface area contributed by atoms with Crippen LogP contribution >= 0.6 is 0 Å². The number of piperazine rings is 1. The third kappa shape index (κ3) is 3.00. The molecule has 29 heavy (non-hydrogen) atoms. The summed E-state index contributed by atoms with van der Waals surface area (Å²) in [5.74, 6) is 0.854. The van der Waals surface area contributed by atoms with Gasteiger partial charge in [-0.15, -0.1) is 0 Å². The van der Waals surface area contributed by atoms with Gasteiger partial charge in [0.05, 0.1) is 5.69 Å². The van der Waals surface area contributed by atoms with Gasteiger partial charge in [-0.1, -0.05) is 12.1 Å². The van der Waals surface area contributed by atoms with Gasteiger partial charge >= 0.3 is 0 Å². The van der Waals surface area contributed by atoms with Gasteiger partial charge in [0, 0.05) is 37.4 Å². The zero-order valence-electron chi connectivity index (χ0n) is 16.1. The Balaban J connectivity index is 1.57. The van der Waals surface area contributed by atoms with E-state index in [1.165, 1.54) is 6.07 Å². The predicted octanol–water partition coefficient (Wildman–Crippen LogP) is 1.93. The second kappa shape index (κ2) is 7.04. The molecule has 3 aliphatic heterocycles. The summed E-state index contributed by atoms with van der Waals surface area (Å²) in [7, 11) is 0. The van der Waals surface area contributed by atoms with E-state index in [0.717, 1.165) is 43.1 Å². The van der Waals surface area contributed by atoms with Crippen molar-refractivity contribution in [3.8, 4) is 16.9 Å². The van der Waals surface area contributed by atoms with Crippen molar-refractivity contribution in [1.29, 1.82) is 0 Å². The summed E-state index contributed by atoms with van der Waals surface area (Å²) in [4.78, 5) is 16.1. The molecule has 8 heteroatoms. The molecule has 1 unspecified atom stereocenters. The number of hydrogen-bond acceptors (Lipinski definition) is 6. The van der Waals surface area contributed by atoms with Crippen LogP contribution in [0.5, 0.6) is 5.75 Å². The molecule has 1 saturated heterocycles. The number of fused-ring (bicyclic) bond motifs is 3. The highest BCUT2D eigenvalue weighted by molar-refractivity contribution is 6.09. The number of hydrazone groups is 1. The minimum atomic E-state index is -0.388. The van der Waals surface area contributed by atoms with Crippen LogP contribution in [0.3, 0.4) is 0 Å². The number of rotatable bonds is 2. The Labute approximate surface area is 168 Å². The molecule has 0 spiro atoms. The van der Waals surface area contributed by atoms with Crippen molar-refractivity contribution >= 4 is 23.1 Å². The summed E-state index contributed by atoms with van der Waals surface area (Å²) >= 11 is 0. The van der Waals surface area contributed by atoms with E-state index in [2.05, 4.69) is 20.7 Å². The van der Waals surface area contributed by atoms with Gasteiger partial charge in [-0.3, -0.25) is 4.79 Å². The van der Waals surface area contributed by atoms with E-state index >= 15 is 0 Å². The fourth-order valence-corrected chi connectivity index (χ4v) is 4.15. The number of amides is 1. The van der Waals surface area contributed by atoms with Crippen LogP contribution < -0.4 is 25.3 Å². The third-order valence-electron chi connectivity index (χ3n) is 5.65. The van der Waals surface area contributed by atoms with Crippen LogP contribution in [0, 0.1) is 5.82 Å². The van der Waals surface area contributed by atoms with Gasteiger partial charge in [-0.25, -0.2) is 9.82 Å². The Bertz CT molecular complexity index is 1000. The highest BCUT2D eigenvalue weighted by atomic mass is 19.1. The molecule has 2 N–H and O–H groups in total. The molecule has 0 aromatic heterocycles. The van der Waals surface area contributed by atoms with Gasteiger partial charge in [-0.05, 0) is 36.8 Å². The molecule has 0 saturated carbocycles. The largest absolute Gasteiger partial charge is 0.483 e. The molecule has 1 amide bonds. The van der Waals surface area contributed by atoms with Gasteiger partial charge in [-0.2, -0.15) is 5.10 Å². The van der Waals surface area contributed by atoms with E-state index in [-0.39, 0.29) is 24.4 Å². The van der Waals surface area contributed by atoms with Gasteiger partial charge in [0.15, 0.2) is 5.84 Å². The average Bonchev–Trinajstić information content (AvgIpc) is 2.76. The number of nitrogens with zero attached hydrogens (tertiary/aromatic N) is 3. The van der Waals surface area contributed by atoms with Crippen LogP contribution in [0.25, 0.3) is 11.1 Å². The monoisotopic (exact) mass is 395 g/mol. The smallest absolute Gasteiger partial charge is 0.262 e. The minimum Gasteiger partial charge on any atom is -0.483 e. The fraction of sp³-hybridized carbons (Fsp3) is 0.333. The number of benzene rings is 2. The van der Waals surface area contributed by atoms with Crippen LogP contribution in [0.2, 0.25) is 0 Å². The number of anilines is 2. The topological polar surface area (TPSA) is 69.2 Å². The van der Waals surface area contributed by atoms with Crippen molar-refractivity contribution in [3.63, 3.8) is 0 Å². The quantitative estimate of drug-likeness (QED) is 0.813. The Morgan fingerprint density at radius 1 is 1.17 bits per heavy atom. The molecule has 0 aliphatic carbocycles. The second-order valence-electron chi connectivity index (χ2n) is 7.39. The summed E-state index contributed by atoms with van der Waals surface area (Å²) in [6, 6.07) is 10.4. The minimum absolute atomic E-state index is 0.166. The number of nitrogens with one attached hydrogen (secondary N) is 2. The van der Waals surface area contributed by atoms with Crippen molar-refractivity contribution in [2.24, 2.45) is 5.10 Å². The van der Waals surface area contributed by atoms with Crippen molar-refractivity contribution < 1.29 is 13.9 Å². The van der Waals surface area contributed by atoms with E-state index in [9.17, 15) is 9.18 Å². The highest BCUT2D eigenvalue weighted by Gasteiger charge is 2.35. The van der Waals surface area contributed by atoms with E-state index in [4.69, 9.17) is 4.74 Å². The average molecular weight is 395 g/mol. The van der Waals surface area contributed by atoms with Crippen molar-refractivity contribution in [2.45, 2.75) is 13.0 Å². The fourth-order valence-electron chi connectivity index (χ4n) is 4.15. The molecular formula is C21H22FN5O2. The van der Waals surface area contributed by atoms with Gasteiger partial charge in [0.2, 0.25) is 0 Å². The zero-order chi connectivity index (χ0) is 20.0. The first-order chi connectivity index (χ1) is 14.1. The Morgan fingerprint density at radius 3 is 2.83 bits per heavy atom. The molecule has 0 radical (unpaired) electrons. The number of hydrogen-bond donors (Lipinski definition) is 2. The maximum atomic E-state index is 14.9. The number of halogens is 1. The van der Waals surface area contributed by atoms with Gasteiger partial charge < -0.3 is 19.9 Å². The van der Waals surface area contributed by atoms with Crippen molar-refractivity contribution in [1.82, 2.24) is 10.7 Å². The SMILES string of the molecule is CC1C(=O)NN=C2COc3cc(-c4c(F)cccc4N4CCNCC4)ccc3N21. The standard InChI is InChI=1S/C21H22FN5O2/c1-13-21(28)25-24-19-12-29-18-11-14(5-6-16(18)27(13)19)20-15(22)3-2-4-17(20)26-9-7-23-8-10-26/h2-6,11,13,23H,7-10,12H2,1H3,(H,25,28). The lowest BCUT2D eigenvalue weighted by Gasteiger charge is -2.38. The first-order valence-corrected chi connectivity index (χ1v) is 9.80. The zero-order valence-corrected chi connectivity index (χ0v) is 16.1. The van der Waals surface area contributed by atoms with Crippen LogP contribution in [0.1, 0.15) is 6.92 Å². The molecule has 1 atom stereocenters. The predicted molar refractivity (Wildman–Crippen MR) is 110 cm³/mol. The van der Waals surface area contributed by atoms with Crippen LogP contribution in [0.4, 0.5) is 15.8 Å². The first-order valence-electron chi connectivity index (χ1n) is 9.80.